The molecular weight excluding hydrogens is 697 g/mol. The van der Waals surface area contributed by atoms with Crippen LogP contribution in [0.3, 0.4) is 0 Å². The first-order valence-corrected chi connectivity index (χ1v) is 19.7. The summed E-state index contributed by atoms with van der Waals surface area (Å²) in [5.74, 6) is 1.55. The maximum atomic E-state index is 6.80. The van der Waals surface area contributed by atoms with Crippen LogP contribution < -0.4 is 9.47 Å². The Hall–Kier alpha value is -2.67. The first kappa shape index (κ1) is 44.7. The van der Waals surface area contributed by atoms with E-state index in [2.05, 4.69) is 44.5 Å². The summed E-state index contributed by atoms with van der Waals surface area (Å²) < 4.78 is 60.3. The summed E-state index contributed by atoms with van der Waals surface area (Å²) in [7, 11) is 2.22. The monoisotopic (exact) mass is 759 g/mol. The molecule has 0 saturated carbocycles. The predicted molar refractivity (Wildman–Crippen MR) is 209 cm³/mol. The predicted octanol–water partition coefficient (Wildman–Crippen LogP) is 7.49. The second-order valence-electron chi connectivity index (χ2n) is 12.5. The summed E-state index contributed by atoms with van der Waals surface area (Å²) in [6, 6.07) is 26.9. The van der Waals surface area contributed by atoms with Crippen LogP contribution in [0.4, 0.5) is 0 Å². The molecule has 3 aromatic carbocycles. The fourth-order valence-electron chi connectivity index (χ4n) is 5.74. The number of rotatable bonds is 30. The lowest BCUT2D eigenvalue weighted by Crippen LogP contribution is -2.34. The van der Waals surface area contributed by atoms with Gasteiger partial charge in [0.05, 0.1) is 100 Å². The lowest BCUT2D eigenvalue weighted by molar-refractivity contribution is -0.0392. The molecule has 0 N–H and O–H groups in total. The molecule has 53 heavy (non-hydrogen) atoms. The van der Waals surface area contributed by atoms with Crippen molar-refractivity contribution in [3.05, 3.63) is 95.6 Å². The minimum absolute atomic E-state index is 0.340. The minimum atomic E-state index is -1.10. The van der Waals surface area contributed by atoms with Crippen molar-refractivity contribution in [1.82, 2.24) is 4.67 Å². The van der Waals surface area contributed by atoms with Crippen LogP contribution in [0, 0.1) is 0 Å². The van der Waals surface area contributed by atoms with Gasteiger partial charge >= 0.3 is 0 Å². The van der Waals surface area contributed by atoms with Crippen molar-refractivity contribution in [2.45, 2.75) is 52.3 Å². The van der Waals surface area contributed by atoms with Gasteiger partial charge in [-0.05, 0) is 75.6 Å². The summed E-state index contributed by atoms with van der Waals surface area (Å²) in [5, 5.41) is 0. The van der Waals surface area contributed by atoms with E-state index in [-0.39, 0.29) is 0 Å². The highest BCUT2D eigenvalue weighted by Crippen LogP contribution is 2.45. The van der Waals surface area contributed by atoms with Crippen LogP contribution >= 0.6 is 8.53 Å². The van der Waals surface area contributed by atoms with Gasteiger partial charge in [-0.25, -0.2) is 4.67 Å². The molecule has 0 amide bonds. The topological polar surface area (TPSA) is 95.5 Å². The standard InChI is InChI=1S/C41H62NO10P/c1-8-51-53(42(34(2)3)35(4)5)52-33-31-49-29-27-47-25-23-45-22-24-46-26-28-48-30-32-50-41(36-12-10-9-11-13-36,37-14-18-39(43-6)19-15-37)38-16-20-40(44-7)21-17-38/h9-21,34-35H,8,22-33H2,1-7H3. The third-order valence-corrected chi connectivity index (χ3v) is 10.3. The molecule has 296 valence electrons. The molecule has 0 aliphatic carbocycles. The van der Waals surface area contributed by atoms with Crippen molar-refractivity contribution in [2.75, 3.05) is 100 Å². The van der Waals surface area contributed by atoms with Crippen LogP contribution in [0.5, 0.6) is 11.5 Å². The number of methoxy groups -OCH3 is 2. The second kappa shape index (κ2) is 26.2. The van der Waals surface area contributed by atoms with Crippen molar-refractivity contribution in [3.8, 4) is 11.5 Å². The molecule has 1 atom stereocenters. The van der Waals surface area contributed by atoms with Gasteiger partial charge in [-0.2, -0.15) is 0 Å². The summed E-state index contributed by atoms with van der Waals surface area (Å²) >= 11 is 0. The van der Waals surface area contributed by atoms with Gasteiger partial charge in [-0.15, -0.1) is 0 Å². The number of hydrogen-bond donors (Lipinski definition) is 0. The van der Waals surface area contributed by atoms with E-state index >= 15 is 0 Å². The molecule has 0 aliphatic heterocycles. The van der Waals surface area contributed by atoms with Crippen molar-refractivity contribution >= 4 is 8.53 Å². The Balaban J connectivity index is 1.29. The molecule has 0 radical (unpaired) electrons. The van der Waals surface area contributed by atoms with Crippen molar-refractivity contribution in [1.29, 1.82) is 0 Å². The largest absolute Gasteiger partial charge is 0.497 e. The van der Waals surface area contributed by atoms with Crippen LogP contribution in [0.15, 0.2) is 78.9 Å². The van der Waals surface area contributed by atoms with Crippen LogP contribution in [0.2, 0.25) is 0 Å². The first-order valence-electron chi connectivity index (χ1n) is 18.6. The SMILES string of the molecule is CCOP(OCCOCCOCCOCCOCCOCCOC(c1ccccc1)(c1ccc(OC)cc1)c1ccc(OC)cc1)N(C(C)C)C(C)C. The quantitative estimate of drug-likeness (QED) is 0.0385. The maximum Gasteiger partial charge on any atom is 0.259 e. The lowest BCUT2D eigenvalue weighted by Gasteiger charge is -2.36. The Morgan fingerprint density at radius 3 is 1.25 bits per heavy atom. The van der Waals surface area contributed by atoms with Gasteiger partial charge in [0, 0.05) is 12.1 Å². The number of nitrogens with zero attached hydrogens (tertiary/aromatic N) is 1. The number of ether oxygens (including phenoxy) is 8. The van der Waals surface area contributed by atoms with Gasteiger partial charge < -0.3 is 46.9 Å². The number of hydrogen-bond acceptors (Lipinski definition) is 11. The zero-order valence-electron chi connectivity index (χ0n) is 32.8. The van der Waals surface area contributed by atoms with Gasteiger partial charge in [0.2, 0.25) is 0 Å². The number of benzene rings is 3. The van der Waals surface area contributed by atoms with Gasteiger partial charge in [0.25, 0.3) is 8.53 Å². The molecule has 0 bridgehead atoms. The fraction of sp³-hybridized carbons (Fsp3) is 0.561. The molecule has 0 saturated heterocycles. The average Bonchev–Trinajstić information content (AvgIpc) is 3.17. The molecule has 3 aromatic rings. The van der Waals surface area contributed by atoms with Crippen LogP contribution in [0.1, 0.15) is 51.3 Å². The van der Waals surface area contributed by atoms with Gasteiger partial charge in [0.1, 0.15) is 17.1 Å². The normalized spacial score (nSPS) is 12.6. The Morgan fingerprint density at radius 1 is 0.491 bits per heavy atom. The zero-order valence-corrected chi connectivity index (χ0v) is 33.7. The van der Waals surface area contributed by atoms with Crippen molar-refractivity contribution < 1.29 is 46.9 Å². The van der Waals surface area contributed by atoms with Gasteiger partial charge in [-0.1, -0.05) is 54.6 Å². The van der Waals surface area contributed by atoms with Gasteiger partial charge in [-0.3, -0.25) is 0 Å². The van der Waals surface area contributed by atoms with Gasteiger partial charge in [0.15, 0.2) is 0 Å². The third-order valence-electron chi connectivity index (χ3n) is 8.12. The van der Waals surface area contributed by atoms with E-state index in [0.29, 0.717) is 98.0 Å². The molecule has 0 spiro atoms. The van der Waals surface area contributed by atoms with E-state index in [1.54, 1.807) is 14.2 Å². The smallest absolute Gasteiger partial charge is 0.259 e. The van der Waals surface area contributed by atoms with E-state index in [1.807, 2.05) is 73.7 Å². The van der Waals surface area contributed by atoms with E-state index < -0.39 is 14.1 Å². The molecule has 0 aliphatic rings. The zero-order chi connectivity index (χ0) is 38.2. The van der Waals surface area contributed by atoms with Crippen LogP contribution in [-0.4, -0.2) is 117 Å². The van der Waals surface area contributed by atoms with Crippen molar-refractivity contribution in [2.24, 2.45) is 0 Å². The molecule has 3 rings (SSSR count). The third kappa shape index (κ3) is 15.2. The summed E-state index contributed by atoms with van der Waals surface area (Å²) in [4.78, 5) is 0. The Labute approximate surface area is 319 Å². The highest BCUT2D eigenvalue weighted by atomic mass is 31.2. The first-order chi connectivity index (χ1) is 25.9. The highest BCUT2D eigenvalue weighted by molar-refractivity contribution is 7.44. The van der Waals surface area contributed by atoms with E-state index in [1.165, 1.54) is 0 Å². The molecule has 11 nitrogen and oxygen atoms in total. The van der Waals surface area contributed by atoms with E-state index in [0.717, 1.165) is 28.2 Å². The van der Waals surface area contributed by atoms with Crippen LogP contribution in [-0.2, 0) is 43.1 Å². The Morgan fingerprint density at radius 2 is 0.868 bits per heavy atom. The Kier molecular flexibility index (Phi) is 22.1. The summed E-state index contributed by atoms with van der Waals surface area (Å²) in [6.45, 7) is 16.8. The summed E-state index contributed by atoms with van der Waals surface area (Å²) in [5.41, 5.74) is 2.08. The molecule has 1 unspecified atom stereocenters. The fourth-order valence-corrected chi connectivity index (χ4v) is 7.29. The molecule has 0 heterocycles. The molecule has 0 fully saturated rings. The van der Waals surface area contributed by atoms with E-state index in [9.17, 15) is 0 Å². The van der Waals surface area contributed by atoms with Crippen molar-refractivity contribution in [3.63, 3.8) is 0 Å². The highest BCUT2D eigenvalue weighted by Gasteiger charge is 2.37. The van der Waals surface area contributed by atoms with Crippen LogP contribution in [0.25, 0.3) is 0 Å². The summed E-state index contributed by atoms with van der Waals surface area (Å²) in [6.07, 6.45) is 0. The molecule has 12 heteroatoms. The Bertz CT molecular complexity index is 1280. The average molecular weight is 760 g/mol. The second-order valence-corrected chi connectivity index (χ2v) is 13.9. The maximum absolute atomic E-state index is 6.80. The van der Waals surface area contributed by atoms with E-state index in [4.69, 9.17) is 46.9 Å². The minimum Gasteiger partial charge on any atom is -0.497 e. The molecular formula is C41H62NO10P. The molecule has 0 aromatic heterocycles. The lowest BCUT2D eigenvalue weighted by atomic mass is 9.80.